The van der Waals surface area contributed by atoms with E-state index < -0.39 is 52.3 Å². The first-order valence-electron chi connectivity index (χ1n) is 9.63. The van der Waals surface area contributed by atoms with Crippen LogP contribution < -0.4 is 47.1 Å². The van der Waals surface area contributed by atoms with Gasteiger partial charge in [0.2, 0.25) is 0 Å². The topological polar surface area (TPSA) is 95.5 Å². The summed E-state index contributed by atoms with van der Waals surface area (Å²) < 4.78 is 10.6. The zero-order valence-electron chi connectivity index (χ0n) is 16.9. The predicted molar refractivity (Wildman–Crippen MR) is 114 cm³/mol. The second kappa shape index (κ2) is 10.7. The van der Waals surface area contributed by atoms with E-state index in [4.69, 9.17) is 4.74 Å². The van der Waals surface area contributed by atoms with Gasteiger partial charge in [-0.2, -0.15) is 0 Å². The van der Waals surface area contributed by atoms with Crippen molar-refractivity contribution in [1.82, 2.24) is 0 Å². The monoisotopic (exact) mass is 666 g/mol. The quantitative estimate of drug-likeness (QED) is 0.145. The SMILES string of the molecule is O=[N+]([O-])c1ccc([I+]c2ccc(Oc3ccc([I+]c4ccc([N+](=O)[O-])cc4)cc3)cc2)cc1. The van der Waals surface area contributed by atoms with Crippen LogP contribution in [0.5, 0.6) is 11.5 Å². The van der Waals surface area contributed by atoms with Gasteiger partial charge in [-0.25, -0.2) is 0 Å². The number of nitrogens with zero attached hydrogens (tertiary/aromatic N) is 2. The fraction of sp³-hybridized carbons (Fsp3) is 0. The lowest BCUT2D eigenvalue weighted by Crippen LogP contribution is -3.61. The molecule has 4 aromatic carbocycles. The molecule has 9 heteroatoms. The van der Waals surface area contributed by atoms with E-state index in [1.807, 2.05) is 72.8 Å². The van der Waals surface area contributed by atoms with Crippen LogP contribution in [0.3, 0.4) is 0 Å². The minimum absolute atomic E-state index is 0.104. The highest BCUT2D eigenvalue weighted by atomic mass is 127. The lowest BCUT2D eigenvalue weighted by Gasteiger charge is -2.04. The van der Waals surface area contributed by atoms with Crippen molar-refractivity contribution in [3.8, 4) is 11.5 Å². The molecule has 0 heterocycles. The minimum Gasteiger partial charge on any atom is -0.457 e. The maximum Gasteiger partial charge on any atom is 0.357 e. The standard InChI is InChI=1S/C24H16I2N2O5/c29-27(30)21-9-1-17(2-10-21)25-19-5-13-23(14-6-19)33-24-15-7-20(8-16-24)26-18-3-11-22(12-4-18)28(31)32/h1-16H/q+2. The Kier molecular flexibility index (Phi) is 7.50. The Balaban J connectivity index is 1.34. The van der Waals surface area contributed by atoms with Gasteiger partial charge in [0.15, 0.2) is 14.3 Å². The van der Waals surface area contributed by atoms with Crippen LogP contribution in [0.25, 0.3) is 0 Å². The summed E-state index contributed by atoms with van der Waals surface area (Å²) in [5, 5.41) is 21.5. The van der Waals surface area contributed by atoms with Crippen LogP contribution in [0.4, 0.5) is 11.4 Å². The largest absolute Gasteiger partial charge is 0.457 e. The number of non-ortho nitro benzene ring substituents is 2. The third-order valence-corrected chi connectivity index (χ3v) is 9.74. The second-order valence-electron chi connectivity index (χ2n) is 6.67. The first-order chi connectivity index (χ1) is 16.0. The fourth-order valence-corrected chi connectivity index (χ4v) is 7.09. The summed E-state index contributed by atoms with van der Waals surface area (Å²) in [6.45, 7) is 0. The van der Waals surface area contributed by atoms with Gasteiger partial charge in [0, 0.05) is 24.3 Å². The maximum atomic E-state index is 10.8. The van der Waals surface area contributed by atoms with Crippen molar-refractivity contribution < 1.29 is 57.0 Å². The van der Waals surface area contributed by atoms with Crippen molar-refractivity contribution >= 4 is 11.4 Å². The van der Waals surface area contributed by atoms with Crippen molar-refractivity contribution in [2.24, 2.45) is 0 Å². The van der Waals surface area contributed by atoms with Crippen molar-refractivity contribution in [3.05, 3.63) is 132 Å². The van der Waals surface area contributed by atoms with E-state index in [-0.39, 0.29) is 11.4 Å². The lowest BCUT2D eigenvalue weighted by atomic mass is 10.3. The molecule has 0 aliphatic rings. The Bertz CT molecular complexity index is 1160. The molecule has 0 amide bonds. The van der Waals surface area contributed by atoms with Crippen molar-refractivity contribution in [3.63, 3.8) is 0 Å². The van der Waals surface area contributed by atoms with Crippen LogP contribution >= 0.6 is 0 Å². The van der Waals surface area contributed by atoms with E-state index in [9.17, 15) is 20.2 Å². The summed E-state index contributed by atoms with van der Waals surface area (Å²) in [4.78, 5) is 20.8. The molecule has 4 rings (SSSR count). The predicted octanol–water partition coefficient (Wildman–Crippen LogP) is -0.448. The first kappa shape index (κ1) is 23.1. The van der Waals surface area contributed by atoms with E-state index in [0.29, 0.717) is 0 Å². The van der Waals surface area contributed by atoms with Crippen LogP contribution in [-0.4, -0.2) is 9.85 Å². The molecule has 4 aromatic rings. The van der Waals surface area contributed by atoms with Crippen LogP contribution in [0.1, 0.15) is 0 Å². The third kappa shape index (κ3) is 6.48. The summed E-state index contributed by atoms with van der Waals surface area (Å²) in [5.74, 6) is 1.48. The van der Waals surface area contributed by atoms with Crippen LogP contribution in [-0.2, 0) is 0 Å². The number of nitro benzene ring substituents is 2. The van der Waals surface area contributed by atoms with Gasteiger partial charge in [-0.15, -0.1) is 0 Å². The average Bonchev–Trinajstić information content (AvgIpc) is 2.82. The van der Waals surface area contributed by atoms with Gasteiger partial charge in [0.1, 0.15) is 11.5 Å². The Hall–Kier alpha value is -3.06. The minimum atomic E-state index is -0.424. The zero-order valence-corrected chi connectivity index (χ0v) is 21.2. The molecule has 0 aliphatic carbocycles. The third-order valence-electron chi connectivity index (χ3n) is 4.37. The number of halogens is 2. The molecule has 0 atom stereocenters. The summed E-state index contributed by atoms with van der Waals surface area (Å²) >= 11 is -0.849. The molecule has 0 bridgehead atoms. The van der Waals surface area contributed by atoms with Crippen molar-refractivity contribution in [2.75, 3.05) is 0 Å². The average molecular weight is 666 g/mol. The lowest BCUT2D eigenvalue weighted by molar-refractivity contribution is -0.597. The Morgan fingerprint density at radius 2 is 0.758 bits per heavy atom. The molecule has 0 N–H and O–H groups in total. The molecule has 0 aliphatic heterocycles. The summed E-state index contributed by atoms with van der Waals surface area (Å²) in [7, 11) is 0. The number of benzene rings is 4. The van der Waals surface area contributed by atoms with E-state index in [0.717, 1.165) is 18.6 Å². The van der Waals surface area contributed by atoms with E-state index in [1.54, 1.807) is 24.3 Å². The van der Waals surface area contributed by atoms with Crippen molar-refractivity contribution in [2.45, 2.75) is 0 Å². The number of hydrogen-bond acceptors (Lipinski definition) is 5. The fourth-order valence-electron chi connectivity index (χ4n) is 2.77. The second-order valence-corrected chi connectivity index (χ2v) is 12.7. The molecule has 0 fully saturated rings. The van der Waals surface area contributed by atoms with Gasteiger partial charge in [0.25, 0.3) is 11.4 Å². The molecule has 0 saturated heterocycles. The normalized spacial score (nSPS) is 10.5. The van der Waals surface area contributed by atoms with Gasteiger partial charge in [-0.1, -0.05) is 0 Å². The highest BCUT2D eigenvalue weighted by Crippen LogP contribution is 2.19. The van der Waals surface area contributed by atoms with Gasteiger partial charge < -0.3 is 4.74 Å². The van der Waals surface area contributed by atoms with E-state index in [2.05, 4.69) is 0 Å². The van der Waals surface area contributed by atoms with Crippen LogP contribution in [0, 0.1) is 34.5 Å². The van der Waals surface area contributed by atoms with Crippen LogP contribution in [0.2, 0.25) is 0 Å². The molecule has 0 unspecified atom stereocenters. The Morgan fingerprint density at radius 1 is 0.485 bits per heavy atom. The number of ether oxygens (including phenoxy) is 1. The molecule has 33 heavy (non-hydrogen) atoms. The van der Waals surface area contributed by atoms with Crippen LogP contribution in [0.15, 0.2) is 97.1 Å². The number of hydrogen-bond donors (Lipinski definition) is 0. The maximum absolute atomic E-state index is 10.8. The molecule has 0 spiro atoms. The van der Waals surface area contributed by atoms with Crippen molar-refractivity contribution in [1.29, 1.82) is 0 Å². The highest BCUT2D eigenvalue weighted by molar-refractivity contribution is 5.31. The molecular weight excluding hydrogens is 650 g/mol. The van der Waals surface area contributed by atoms with E-state index in [1.165, 1.54) is 7.14 Å². The smallest absolute Gasteiger partial charge is 0.357 e. The van der Waals surface area contributed by atoms with Gasteiger partial charge in [0.05, 0.1) is 9.85 Å². The summed E-state index contributed by atoms with van der Waals surface area (Å²) in [5.41, 5.74) is 0.208. The Morgan fingerprint density at radius 3 is 1.03 bits per heavy atom. The molecule has 0 aromatic heterocycles. The Labute approximate surface area is 210 Å². The summed E-state index contributed by atoms with van der Waals surface area (Å²) in [6, 6.07) is 29.3. The van der Waals surface area contributed by atoms with Gasteiger partial charge in [-0.05, 0) is 72.8 Å². The first-order valence-corrected chi connectivity index (χ1v) is 13.9. The molecular formula is C24H16I2N2O5+2. The molecule has 0 saturated carbocycles. The van der Waals surface area contributed by atoms with Gasteiger partial charge >= 0.3 is 42.4 Å². The molecule has 164 valence electrons. The number of rotatable bonds is 8. The highest BCUT2D eigenvalue weighted by Gasteiger charge is 2.19. The zero-order chi connectivity index (χ0) is 23.2. The molecule has 0 radical (unpaired) electrons. The molecule has 7 nitrogen and oxygen atoms in total. The summed E-state index contributed by atoms with van der Waals surface area (Å²) in [6.07, 6.45) is 0. The van der Waals surface area contributed by atoms with E-state index >= 15 is 0 Å². The van der Waals surface area contributed by atoms with Gasteiger partial charge in [-0.3, -0.25) is 20.2 Å². The number of nitro groups is 2.